The van der Waals surface area contributed by atoms with Gasteiger partial charge in [0.2, 0.25) is 0 Å². The molecule has 0 saturated carbocycles. The van der Waals surface area contributed by atoms with E-state index in [1.807, 2.05) is 37.6 Å². The number of fused-ring (bicyclic) bond motifs is 1. The summed E-state index contributed by atoms with van der Waals surface area (Å²) in [5, 5.41) is 0.820. The van der Waals surface area contributed by atoms with Crippen LogP contribution in [-0.4, -0.2) is 22.9 Å². The molecule has 2 aromatic rings. The minimum Gasteiger partial charge on any atom is -0.462 e. The Hall–Kier alpha value is -2.10. The van der Waals surface area contributed by atoms with E-state index in [2.05, 4.69) is 0 Å². The molecule has 4 heteroatoms. The molecule has 0 spiro atoms. The van der Waals surface area contributed by atoms with E-state index < -0.39 is 0 Å². The van der Waals surface area contributed by atoms with Gasteiger partial charge in [0.05, 0.1) is 12.2 Å². The minimum atomic E-state index is -0.355. The number of Topliss-reactive ketones (excluding diaryl/α,β-unsaturated/α-hetero) is 1. The standard InChI is InChI=1S/C17H21NO3/c1-5-18-10-14(16(19)11(3)4)13-9-12(7-8-15(13)18)17(20)21-6-2/h7-11H,5-6H2,1-4H3. The van der Waals surface area contributed by atoms with Crippen LogP contribution in [0.4, 0.5) is 0 Å². The van der Waals surface area contributed by atoms with Gasteiger partial charge in [-0.3, -0.25) is 4.79 Å². The molecule has 0 aliphatic rings. The van der Waals surface area contributed by atoms with E-state index >= 15 is 0 Å². The number of nitrogens with zero attached hydrogens (tertiary/aromatic N) is 1. The number of benzene rings is 1. The molecule has 0 aliphatic heterocycles. The third-order valence-electron chi connectivity index (χ3n) is 3.52. The number of aryl methyl sites for hydroxylation is 1. The van der Waals surface area contributed by atoms with Crippen LogP contribution in [0.2, 0.25) is 0 Å². The van der Waals surface area contributed by atoms with Crippen LogP contribution in [0.3, 0.4) is 0 Å². The second kappa shape index (κ2) is 6.12. The highest BCUT2D eigenvalue weighted by molar-refractivity contribution is 6.10. The molecular formula is C17H21NO3. The summed E-state index contributed by atoms with van der Waals surface area (Å²) in [5.41, 5.74) is 2.12. The maximum Gasteiger partial charge on any atom is 0.338 e. The highest BCUT2D eigenvalue weighted by atomic mass is 16.5. The molecule has 0 unspecified atom stereocenters. The normalized spacial score (nSPS) is 11.1. The van der Waals surface area contributed by atoms with E-state index in [1.54, 1.807) is 19.1 Å². The number of aromatic nitrogens is 1. The zero-order valence-corrected chi connectivity index (χ0v) is 13.0. The second-order valence-corrected chi connectivity index (χ2v) is 5.30. The fourth-order valence-corrected chi connectivity index (χ4v) is 2.41. The summed E-state index contributed by atoms with van der Waals surface area (Å²) in [5.74, 6) is -0.341. The Labute approximate surface area is 124 Å². The van der Waals surface area contributed by atoms with Gasteiger partial charge in [-0.2, -0.15) is 0 Å². The molecule has 21 heavy (non-hydrogen) atoms. The van der Waals surface area contributed by atoms with Crippen molar-refractivity contribution in [3.05, 3.63) is 35.5 Å². The SMILES string of the molecule is CCOC(=O)c1ccc2c(c1)c(C(=O)C(C)C)cn2CC. The molecule has 0 radical (unpaired) electrons. The van der Waals surface area contributed by atoms with Gasteiger partial charge in [0.15, 0.2) is 5.78 Å². The maximum absolute atomic E-state index is 12.4. The van der Waals surface area contributed by atoms with Gasteiger partial charge in [-0.1, -0.05) is 13.8 Å². The lowest BCUT2D eigenvalue weighted by Gasteiger charge is -2.05. The molecule has 0 N–H and O–H groups in total. The van der Waals surface area contributed by atoms with Gasteiger partial charge in [0.1, 0.15) is 0 Å². The zero-order valence-electron chi connectivity index (χ0n) is 13.0. The second-order valence-electron chi connectivity index (χ2n) is 5.30. The largest absolute Gasteiger partial charge is 0.462 e. The van der Waals surface area contributed by atoms with E-state index in [-0.39, 0.29) is 17.7 Å². The first-order chi connectivity index (χ1) is 9.99. The van der Waals surface area contributed by atoms with E-state index in [4.69, 9.17) is 4.74 Å². The lowest BCUT2D eigenvalue weighted by atomic mass is 10.00. The van der Waals surface area contributed by atoms with Crippen LogP contribution in [0.15, 0.2) is 24.4 Å². The number of ether oxygens (including phenoxy) is 1. The van der Waals surface area contributed by atoms with E-state index in [1.165, 1.54) is 0 Å². The van der Waals surface area contributed by atoms with Crippen molar-refractivity contribution in [1.29, 1.82) is 0 Å². The minimum absolute atomic E-state index is 0.0767. The molecule has 1 heterocycles. The van der Waals surface area contributed by atoms with Crippen molar-refractivity contribution in [3.63, 3.8) is 0 Å². The monoisotopic (exact) mass is 287 g/mol. The first-order valence-electron chi connectivity index (χ1n) is 7.33. The van der Waals surface area contributed by atoms with Crippen LogP contribution < -0.4 is 0 Å². The molecule has 0 fully saturated rings. The van der Waals surface area contributed by atoms with Crippen LogP contribution in [0, 0.1) is 5.92 Å². The van der Waals surface area contributed by atoms with Crippen LogP contribution in [-0.2, 0) is 11.3 Å². The Morgan fingerprint density at radius 2 is 1.95 bits per heavy atom. The van der Waals surface area contributed by atoms with Crippen molar-refractivity contribution in [3.8, 4) is 0 Å². The number of hydrogen-bond donors (Lipinski definition) is 0. The van der Waals surface area contributed by atoms with Gasteiger partial charge in [-0.15, -0.1) is 0 Å². The number of ketones is 1. The van der Waals surface area contributed by atoms with E-state index in [9.17, 15) is 9.59 Å². The lowest BCUT2D eigenvalue weighted by molar-refractivity contribution is 0.0526. The predicted molar refractivity (Wildman–Crippen MR) is 82.7 cm³/mol. The number of carbonyl (C=O) groups is 2. The van der Waals surface area contributed by atoms with Crippen molar-refractivity contribution in [2.45, 2.75) is 34.2 Å². The highest BCUT2D eigenvalue weighted by Gasteiger charge is 2.19. The van der Waals surface area contributed by atoms with E-state index in [0.29, 0.717) is 17.7 Å². The molecule has 4 nitrogen and oxygen atoms in total. The average molecular weight is 287 g/mol. The lowest BCUT2D eigenvalue weighted by Crippen LogP contribution is -2.07. The van der Waals surface area contributed by atoms with Gasteiger partial charge in [-0.05, 0) is 32.0 Å². The summed E-state index contributed by atoms with van der Waals surface area (Å²) in [7, 11) is 0. The quantitative estimate of drug-likeness (QED) is 0.622. The Kier molecular flexibility index (Phi) is 4.46. The summed E-state index contributed by atoms with van der Waals surface area (Å²) < 4.78 is 7.05. The fourth-order valence-electron chi connectivity index (χ4n) is 2.41. The van der Waals surface area contributed by atoms with Crippen molar-refractivity contribution in [1.82, 2.24) is 4.57 Å². The van der Waals surface area contributed by atoms with Gasteiger partial charge >= 0.3 is 5.97 Å². The third-order valence-corrected chi connectivity index (χ3v) is 3.52. The molecule has 2 rings (SSSR count). The summed E-state index contributed by atoms with van der Waals surface area (Å²) in [6.07, 6.45) is 1.88. The molecule has 1 aromatic heterocycles. The molecule has 0 bridgehead atoms. The smallest absolute Gasteiger partial charge is 0.338 e. The van der Waals surface area contributed by atoms with Crippen molar-refractivity contribution in [2.75, 3.05) is 6.61 Å². The molecule has 112 valence electrons. The third kappa shape index (κ3) is 2.84. The predicted octanol–water partition coefficient (Wildman–Crippen LogP) is 3.68. The Morgan fingerprint density at radius 3 is 2.52 bits per heavy atom. The van der Waals surface area contributed by atoms with Crippen LogP contribution in [0.1, 0.15) is 48.4 Å². The summed E-state index contributed by atoms with van der Waals surface area (Å²) >= 11 is 0. The Balaban J connectivity index is 2.60. The molecule has 0 atom stereocenters. The topological polar surface area (TPSA) is 48.3 Å². The van der Waals surface area contributed by atoms with Gasteiger partial charge in [0, 0.05) is 35.1 Å². The first-order valence-corrected chi connectivity index (χ1v) is 7.33. The summed E-state index contributed by atoms with van der Waals surface area (Å²) in [4.78, 5) is 24.2. The van der Waals surface area contributed by atoms with E-state index in [0.717, 1.165) is 17.4 Å². The number of rotatable bonds is 5. The average Bonchev–Trinajstić information content (AvgIpc) is 2.84. The molecular weight excluding hydrogens is 266 g/mol. The van der Waals surface area contributed by atoms with Crippen molar-refractivity contribution >= 4 is 22.7 Å². The van der Waals surface area contributed by atoms with Crippen LogP contribution in [0.5, 0.6) is 0 Å². The van der Waals surface area contributed by atoms with Gasteiger partial charge < -0.3 is 9.30 Å². The maximum atomic E-state index is 12.4. The Bertz CT molecular complexity index is 683. The van der Waals surface area contributed by atoms with Gasteiger partial charge in [-0.25, -0.2) is 4.79 Å². The molecule has 0 saturated heterocycles. The first kappa shape index (κ1) is 15.3. The molecule has 0 amide bonds. The van der Waals surface area contributed by atoms with Crippen LogP contribution in [0.25, 0.3) is 10.9 Å². The zero-order chi connectivity index (χ0) is 15.6. The highest BCUT2D eigenvalue weighted by Crippen LogP contribution is 2.25. The fraction of sp³-hybridized carbons (Fsp3) is 0.412. The summed E-state index contributed by atoms with van der Waals surface area (Å²) in [6, 6.07) is 5.38. The molecule has 1 aromatic carbocycles. The van der Waals surface area contributed by atoms with Crippen molar-refractivity contribution < 1.29 is 14.3 Å². The van der Waals surface area contributed by atoms with Gasteiger partial charge in [0.25, 0.3) is 0 Å². The van der Waals surface area contributed by atoms with Crippen LogP contribution >= 0.6 is 0 Å². The number of carbonyl (C=O) groups excluding carboxylic acids is 2. The number of hydrogen-bond acceptors (Lipinski definition) is 3. The number of esters is 1. The molecule has 0 aliphatic carbocycles. The summed E-state index contributed by atoms with van der Waals surface area (Å²) in [6.45, 7) is 8.69. The van der Waals surface area contributed by atoms with Crippen molar-refractivity contribution in [2.24, 2.45) is 5.92 Å². The Morgan fingerprint density at radius 1 is 1.24 bits per heavy atom.